The second-order valence-corrected chi connectivity index (χ2v) is 8.43. The summed E-state index contributed by atoms with van der Waals surface area (Å²) >= 11 is 0. The van der Waals surface area contributed by atoms with Crippen LogP contribution in [0.3, 0.4) is 0 Å². The maximum Gasteiger partial charge on any atom is 0.306 e. The minimum atomic E-state index is -3.57. The zero-order valence-corrected chi connectivity index (χ0v) is 14.5. The number of hydrogen-bond donors (Lipinski definition) is 0. The summed E-state index contributed by atoms with van der Waals surface area (Å²) in [6.07, 6.45) is 2.71. The highest BCUT2D eigenvalue weighted by Crippen LogP contribution is 2.16. The number of sulfonamides is 1. The zero-order chi connectivity index (χ0) is 16.8. The number of methoxy groups -OCH3 is 1. The predicted octanol–water partition coefficient (Wildman–Crippen LogP) is 0.823. The summed E-state index contributed by atoms with van der Waals surface area (Å²) in [6.45, 7) is 1.04. The lowest BCUT2D eigenvalue weighted by atomic mass is 10.2. The van der Waals surface area contributed by atoms with E-state index in [9.17, 15) is 16.8 Å². The summed E-state index contributed by atoms with van der Waals surface area (Å²) in [5, 5.41) is 0. The second-order valence-electron chi connectivity index (χ2n) is 4.87. The van der Waals surface area contributed by atoms with E-state index in [1.54, 1.807) is 19.2 Å². The minimum absolute atomic E-state index is 0.191. The molecule has 1 aromatic rings. The van der Waals surface area contributed by atoms with Crippen LogP contribution in [0.2, 0.25) is 0 Å². The maximum atomic E-state index is 11.8. The smallest absolute Gasteiger partial charge is 0.306 e. The molecule has 7 nitrogen and oxygen atoms in total. The van der Waals surface area contributed by atoms with Crippen LogP contribution < -0.4 is 4.18 Å². The molecule has 0 spiro atoms. The normalized spacial score (nSPS) is 12.5. The fraction of sp³-hybridized carbons (Fsp3) is 0.538. The van der Waals surface area contributed by atoms with Crippen LogP contribution in [0.4, 0.5) is 0 Å². The average Bonchev–Trinajstić information content (AvgIpc) is 2.37. The standard InChI is InChI=1S/C13H21NO6S2/c1-19-10-4-9-14(21(2,15)16)11-12-5-7-13(8-6-12)20-22(3,17)18/h5-8H,4,9-11H2,1-3H3. The summed E-state index contributed by atoms with van der Waals surface area (Å²) in [6, 6.07) is 6.25. The molecule has 0 radical (unpaired) electrons. The molecule has 126 valence electrons. The topological polar surface area (TPSA) is 90.0 Å². The number of rotatable bonds is 9. The van der Waals surface area contributed by atoms with Crippen molar-refractivity contribution in [2.24, 2.45) is 0 Å². The Morgan fingerprint density at radius 2 is 1.64 bits per heavy atom. The molecule has 0 saturated heterocycles. The van der Waals surface area contributed by atoms with Crippen molar-refractivity contribution in [3.05, 3.63) is 29.8 Å². The van der Waals surface area contributed by atoms with Crippen molar-refractivity contribution in [2.75, 3.05) is 32.8 Å². The number of nitrogens with zero attached hydrogens (tertiary/aromatic N) is 1. The molecular weight excluding hydrogens is 330 g/mol. The van der Waals surface area contributed by atoms with E-state index in [0.29, 0.717) is 19.6 Å². The van der Waals surface area contributed by atoms with Crippen molar-refractivity contribution in [3.8, 4) is 5.75 Å². The Morgan fingerprint density at radius 1 is 1.05 bits per heavy atom. The Balaban J connectivity index is 2.77. The van der Waals surface area contributed by atoms with Crippen LogP contribution in [0.5, 0.6) is 5.75 Å². The summed E-state index contributed by atoms with van der Waals surface area (Å²) in [5.41, 5.74) is 0.740. The van der Waals surface area contributed by atoms with Crippen LogP contribution in [-0.4, -0.2) is 53.9 Å². The molecule has 0 heterocycles. The lowest BCUT2D eigenvalue weighted by molar-refractivity contribution is 0.187. The zero-order valence-electron chi connectivity index (χ0n) is 12.9. The molecule has 22 heavy (non-hydrogen) atoms. The van der Waals surface area contributed by atoms with Gasteiger partial charge in [-0.3, -0.25) is 0 Å². The molecule has 0 aliphatic carbocycles. The first kappa shape index (κ1) is 18.9. The molecule has 9 heteroatoms. The average molecular weight is 351 g/mol. The molecule has 0 saturated carbocycles. The van der Waals surface area contributed by atoms with E-state index in [4.69, 9.17) is 8.92 Å². The van der Waals surface area contributed by atoms with Gasteiger partial charge in [-0.15, -0.1) is 0 Å². The highest BCUT2D eigenvalue weighted by atomic mass is 32.2. The molecule has 0 bridgehead atoms. The fourth-order valence-electron chi connectivity index (χ4n) is 1.78. The Labute approximate surface area is 132 Å². The van der Waals surface area contributed by atoms with E-state index < -0.39 is 20.1 Å². The van der Waals surface area contributed by atoms with Crippen molar-refractivity contribution in [1.29, 1.82) is 0 Å². The molecule has 0 aliphatic heterocycles. The highest BCUT2D eigenvalue weighted by Gasteiger charge is 2.16. The molecule has 0 atom stereocenters. The lowest BCUT2D eigenvalue weighted by Crippen LogP contribution is -2.31. The van der Waals surface area contributed by atoms with Gasteiger partial charge in [0.05, 0.1) is 12.5 Å². The van der Waals surface area contributed by atoms with Gasteiger partial charge < -0.3 is 8.92 Å². The Morgan fingerprint density at radius 3 is 2.09 bits per heavy atom. The van der Waals surface area contributed by atoms with E-state index in [2.05, 4.69) is 0 Å². The molecule has 0 aromatic heterocycles. The molecule has 0 unspecified atom stereocenters. The molecular formula is C13H21NO6S2. The fourth-order valence-corrected chi connectivity index (χ4v) is 3.08. The van der Waals surface area contributed by atoms with Crippen molar-refractivity contribution in [3.63, 3.8) is 0 Å². The summed E-state index contributed by atoms with van der Waals surface area (Å²) < 4.78 is 56.6. The number of ether oxygens (including phenoxy) is 1. The third-order valence-electron chi connectivity index (χ3n) is 2.75. The van der Waals surface area contributed by atoms with Gasteiger partial charge in [-0.25, -0.2) is 8.42 Å². The number of benzene rings is 1. The van der Waals surface area contributed by atoms with Crippen LogP contribution in [0.25, 0.3) is 0 Å². The van der Waals surface area contributed by atoms with Gasteiger partial charge in [0.25, 0.3) is 0 Å². The molecule has 1 rings (SSSR count). The monoisotopic (exact) mass is 351 g/mol. The van der Waals surface area contributed by atoms with Gasteiger partial charge in [0.2, 0.25) is 10.0 Å². The van der Waals surface area contributed by atoms with Crippen LogP contribution in [0, 0.1) is 0 Å². The largest absolute Gasteiger partial charge is 0.385 e. The Hall–Kier alpha value is -1.16. The third-order valence-corrected chi connectivity index (χ3v) is 4.50. The first-order chi connectivity index (χ1) is 10.1. The van der Waals surface area contributed by atoms with Gasteiger partial charge in [-0.05, 0) is 24.1 Å². The van der Waals surface area contributed by atoms with Gasteiger partial charge in [0.1, 0.15) is 5.75 Å². The van der Waals surface area contributed by atoms with Crippen molar-refractivity contribution < 1.29 is 25.8 Å². The van der Waals surface area contributed by atoms with Crippen molar-refractivity contribution >= 4 is 20.1 Å². The first-order valence-electron chi connectivity index (χ1n) is 6.54. The highest BCUT2D eigenvalue weighted by molar-refractivity contribution is 7.88. The van der Waals surface area contributed by atoms with Crippen molar-refractivity contribution in [1.82, 2.24) is 4.31 Å². The molecule has 0 aliphatic rings. The third kappa shape index (κ3) is 7.21. The Kier molecular flexibility index (Phi) is 6.79. The van der Waals surface area contributed by atoms with Crippen molar-refractivity contribution in [2.45, 2.75) is 13.0 Å². The SMILES string of the molecule is COCCCN(Cc1ccc(OS(C)(=O)=O)cc1)S(C)(=O)=O. The van der Waals surface area contributed by atoms with E-state index in [1.165, 1.54) is 16.4 Å². The van der Waals surface area contributed by atoms with Crippen LogP contribution >= 0.6 is 0 Å². The van der Waals surface area contributed by atoms with Crippen LogP contribution in [0.1, 0.15) is 12.0 Å². The molecule has 0 N–H and O–H groups in total. The van der Waals surface area contributed by atoms with Gasteiger partial charge >= 0.3 is 10.1 Å². The summed E-state index contributed by atoms with van der Waals surface area (Å²) in [7, 11) is -5.34. The van der Waals surface area contributed by atoms with Gasteiger partial charge in [0, 0.05) is 26.8 Å². The van der Waals surface area contributed by atoms with Gasteiger partial charge in [-0.2, -0.15) is 12.7 Å². The summed E-state index contributed by atoms with van der Waals surface area (Å²) in [4.78, 5) is 0. The van der Waals surface area contributed by atoms with Crippen LogP contribution in [-0.2, 0) is 31.4 Å². The maximum absolute atomic E-state index is 11.8. The molecule has 0 fully saturated rings. The van der Waals surface area contributed by atoms with E-state index in [0.717, 1.165) is 18.1 Å². The lowest BCUT2D eigenvalue weighted by Gasteiger charge is -2.20. The Bertz CT molecular complexity index is 667. The predicted molar refractivity (Wildman–Crippen MR) is 83.7 cm³/mol. The minimum Gasteiger partial charge on any atom is -0.385 e. The van der Waals surface area contributed by atoms with Crippen LogP contribution in [0.15, 0.2) is 24.3 Å². The molecule has 1 aromatic carbocycles. The van der Waals surface area contributed by atoms with Gasteiger partial charge in [0.15, 0.2) is 0 Å². The van der Waals surface area contributed by atoms with E-state index in [1.807, 2.05) is 0 Å². The second kappa shape index (κ2) is 7.91. The number of hydrogen-bond acceptors (Lipinski definition) is 6. The van der Waals surface area contributed by atoms with Gasteiger partial charge in [-0.1, -0.05) is 12.1 Å². The molecule has 0 amide bonds. The van der Waals surface area contributed by atoms with E-state index >= 15 is 0 Å². The first-order valence-corrected chi connectivity index (χ1v) is 10.2. The summed E-state index contributed by atoms with van der Waals surface area (Å²) in [5.74, 6) is 0.191. The quantitative estimate of drug-likeness (QED) is 0.483. The van der Waals surface area contributed by atoms with E-state index in [-0.39, 0.29) is 12.3 Å².